The second-order valence-corrected chi connectivity index (χ2v) is 7.53. The average molecular weight is 420 g/mol. The summed E-state index contributed by atoms with van der Waals surface area (Å²) in [6.45, 7) is 0. The van der Waals surface area contributed by atoms with Crippen molar-refractivity contribution in [2.45, 2.75) is 0 Å². The second kappa shape index (κ2) is 8.50. The maximum atomic E-state index is 6.36. The van der Waals surface area contributed by atoms with Crippen LogP contribution in [0.4, 0.5) is 0 Å². The molecule has 4 aromatic carbocycles. The number of hydrogen-bond donors (Lipinski definition) is 0. The van der Waals surface area contributed by atoms with E-state index in [0.29, 0.717) is 22.5 Å². The van der Waals surface area contributed by atoms with Crippen molar-refractivity contribution in [2.24, 2.45) is 0 Å². The fraction of sp³-hybridized carbons (Fsp3) is 0. The maximum Gasteiger partial charge on any atom is 0.164 e. The van der Waals surface area contributed by atoms with Gasteiger partial charge in [-0.25, -0.2) is 15.0 Å². The molecule has 3 nitrogen and oxygen atoms in total. The van der Waals surface area contributed by atoms with Crippen LogP contribution in [0.2, 0.25) is 5.02 Å². The van der Waals surface area contributed by atoms with Crippen molar-refractivity contribution in [1.82, 2.24) is 15.0 Å². The van der Waals surface area contributed by atoms with Gasteiger partial charge in [-0.15, -0.1) is 0 Å². The maximum absolute atomic E-state index is 6.36. The first-order chi connectivity index (χ1) is 15.3. The van der Waals surface area contributed by atoms with E-state index in [4.69, 9.17) is 26.6 Å². The highest BCUT2D eigenvalue weighted by molar-refractivity contribution is 6.31. The van der Waals surface area contributed by atoms with Crippen molar-refractivity contribution in [2.75, 3.05) is 0 Å². The molecule has 0 bridgehead atoms. The second-order valence-electron chi connectivity index (χ2n) is 7.09. The van der Waals surface area contributed by atoms with Gasteiger partial charge in [0.15, 0.2) is 17.5 Å². The van der Waals surface area contributed by atoms with Crippen LogP contribution in [0.15, 0.2) is 109 Å². The zero-order valence-electron chi connectivity index (χ0n) is 16.6. The van der Waals surface area contributed by atoms with Crippen LogP contribution in [-0.4, -0.2) is 15.0 Å². The predicted molar refractivity (Wildman–Crippen MR) is 127 cm³/mol. The summed E-state index contributed by atoms with van der Waals surface area (Å²) in [4.78, 5) is 14.5. The van der Waals surface area contributed by atoms with Gasteiger partial charge < -0.3 is 0 Å². The van der Waals surface area contributed by atoms with Crippen LogP contribution >= 0.6 is 11.6 Å². The monoisotopic (exact) mass is 419 g/mol. The molecule has 1 aromatic heterocycles. The van der Waals surface area contributed by atoms with Crippen LogP contribution in [0.3, 0.4) is 0 Å². The molecule has 0 aliphatic carbocycles. The largest absolute Gasteiger partial charge is 0.208 e. The molecule has 5 aromatic rings. The van der Waals surface area contributed by atoms with Crippen LogP contribution in [0.5, 0.6) is 0 Å². The molecule has 0 unspecified atom stereocenters. The van der Waals surface area contributed by atoms with E-state index >= 15 is 0 Å². The van der Waals surface area contributed by atoms with Crippen LogP contribution < -0.4 is 0 Å². The normalized spacial score (nSPS) is 10.7. The summed E-state index contributed by atoms with van der Waals surface area (Å²) >= 11 is 6.36. The van der Waals surface area contributed by atoms with Crippen molar-refractivity contribution >= 4 is 11.6 Å². The van der Waals surface area contributed by atoms with E-state index in [9.17, 15) is 0 Å². The summed E-state index contributed by atoms with van der Waals surface area (Å²) in [7, 11) is 0. The highest BCUT2D eigenvalue weighted by atomic mass is 35.5. The first kappa shape index (κ1) is 19.2. The number of rotatable bonds is 4. The van der Waals surface area contributed by atoms with Crippen LogP contribution in [0, 0.1) is 0 Å². The van der Waals surface area contributed by atoms with Crippen molar-refractivity contribution in [3.8, 4) is 45.3 Å². The SMILES string of the molecule is Clc1ccc(-c2nc(-c3ccccc3)nc(-c3ccccc3)n2)c(-c2ccccc2)c1. The molecule has 0 fully saturated rings. The Morgan fingerprint density at radius 2 is 0.871 bits per heavy atom. The first-order valence-corrected chi connectivity index (χ1v) is 10.4. The predicted octanol–water partition coefficient (Wildman–Crippen LogP) is 7.19. The zero-order valence-corrected chi connectivity index (χ0v) is 17.4. The Morgan fingerprint density at radius 3 is 1.39 bits per heavy atom. The van der Waals surface area contributed by atoms with E-state index in [2.05, 4.69) is 12.1 Å². The Balaban J connectivity index is 1.75. The topological polar surface area (TPSA) is 38.7 Å². The molecule has 0 atom stereocenters. The zero-order chi connectivity index (χ0) is 21.0. The molecule has 0 saturated carbocycles. The van der Waals surface area contributed by atoms with Gasteiger partial charge >= 0.3 is 0 Å². The number of hydrogen-bond acceptors (Lipinski definition) is 3. The fourth-order valence-electron chi connectivity index (χ4n) is 3.50. The molecular formula is C27H18ClN3. The molecule has 0 radical (unpaired) electrons. The van der Waals surface area contributed by atoms with Crippen LogP contribution in [0.1, 0.15) is 0 Å². The molecule has 31 heavy (non-hydrogen) atoms. The van der Waals surface area contributed by atoms with Crippen molar-refractivity contribution in [3.05, 3.63) is 114 Å². The Morgan fingerprint density at radius 1 is 0.419 bits per heavy atom. The van der Waals surface area contributed by atoms with Gasteiger partial charge in [0.25, 0.3) is 0 Å². The first-order valence-electron chi connectivity index (χ1n) is 10.0. The average Bonchev–Trinajstić information content (AvgIpc) is 2.85. The van der Waals surface area contributed by atoms with Gasteiger partial charge in [-0.2, -0.15) is 0 Å². The fourth-order valence-corrected chi connectivity index (χ4v) is 3.67. The summed E-state index contributed by atoms with van der Waals surface area (Å²) < 4.78 is 0. The third-order valence-electron chi connectivity index (χ3n) is 5.01. The third kappa shape index (κ3) is 4.09. The van der Waals surface area contributed by atoms with E-state index < -0.39 is 0 Å². The molecule has 5 rings (SSSR count). The number of nitrogens with zero attached hydrogens (tertiary/aromatic N) is 3. The van der Waals surface area contributed by atoms with Gasteiger partial charge in [0.05, 0.1) is 0 Å². The van der Waals surface area contributed by atoms with E-state index in [1.807, 2.05) is 97.1 Å². The molecule has 0 aliphatic rings. The van der Waals surface area contributed by atoms with Gasteiger partial charge in [0, 0.05) is 21.7 Å². The minimum atomic E-state index is 0.614. The quantitative estimate of drug-likeness (QED) is 0.309. The van der Waals surface area contributed by atoms with Gasteiger partial charge in [-0.1, -0.05) is 103 Å². The lowest BCUT2D eigenvalue weighted by Gasteiger charge is -2.12. The molecular weight excluding hydrogens is 402 g/mol. The van der Waals surface area contributed by atoms with E-state index in [0.717, 1.165) is 27.8 Å². The standard InChI is InChI=1S/C27H18ClN3/c28-22-16-17-23(24(18-22)19-10-4-1-5-11-19)27-30-25(20-12-6-2-7-13-20)29-26(31-27)21-14-8-3-9-15-21/h1-18H. The lowest BCUT2D eigenvalue weighted by molar-refractivity contribution is 1.07. The van der Waals surface area contributed by atoms with Gasteiger partial charge in [-0.05, 0) is 29.3 Å². The third-order valence-corrected chi connectivity index (χ3v) is 5.24. The summed E-state index contributed by atoms with van der Waals surface area (Å²) in [5.41, 5.74) is 4.84. The number of aromatic nitrogens is 3. The molecule has 0 amide bonds. The Labute approximate surface area is 186 Å². The van der Waals surface area contributed by atoms with E-state index in [1.54, 1.807) is 0 Å². The summed E-state index contributed by atoms with van der Waals surface area (Å²) in [5, 5.41) is 0.670. The molecule has 1 heterocycles. The van der Waals surface area contributed by atoms with E-state index in [1.165, 1.54) is 0 Å². The lowest BCUT2D eigenvalue weighted by Crippen LogP contribution is -2.01. The van der Waals surface area contributed by atoms with Crippen LogP contribution in [0.25, 0.3) is 45.3 Å². The highest BCUT2D eigenvalue weighted by Crippen LogP contribution is 2.34. The molecule has 0 spiro atoms. The number of benzene rings is 4. The number of halogens is 1. The summed E-state index contributed by atoms with van der Waals surface area (Å²) in [5.74, 6) is 1.89. The van der Waals surface area contributed by atoms with Gasteiger partial charge in [0.2, 0.25) is 0 Å². The van der Waals surface area contributed by atoms with Crippen molar-refractivity contribution in [1.29, 1.82) is 0 Å². The Kier molecular flexibility index (Phi) is 5.26. The molecule has 0 N–H and O–H groups in total. The summed E-state index contributed by atoms with van der Waals surface area (Å²) in [6, 6.07) is 35.9. The molecule has 0 saturated heterocycles. The molecule has 4 heteroatoms. The lowest BCUT2D eigenvalue weighted by atomic mass is 9.99. The Hall–Kier alpha value is -3.82. The highest BCUT2D eigenvalue weighted by Gasteiger charge is 2.15. The van der Waals surface area contributed by atoms with E-state index in [-0.39, 0.29) is 0 Å². The smallest absolute Gasteiger partial charge is 0.164 e. The Bertz CT molecular complexity index is 1260. The van der Waals surface area contributed by atoms with Crippen molar-refractivity contribution < 1.29 is 0 Å². The van der Waals surface area contributed by atoms with Crippen LogP contribution in [-0.2, 0) is 0 Å². The minimum Gasteiger partial charge on any atom is -0.208 e. The minimum absolute atomic E-state index is 0.614. The van der Waals surface area contributed by atoms with Gasteiger partial charge in [-0.3, -0.25) is 0 Å². The molecule has 0 aliphatic heterocycles. The van der Waals surface area contributed by atoms with Crippen molar-refractivity contribution in [3.63, 3.8) is 0 Å². The van der Waals surface area contributed by atoms with Gasteiger partial charge in [0.1, 0.15) is 0 Å². The molecule has 148 valence electrons. The summed E-state index contributed by atoms with van der Waals surface area (Å²) in [6.07, 6.45) is 0.